The van der Waals surface area contributed by atoms with Gasteiger partial charge in [0.1, 0.15) is 6.04 Å². The Kier molecular flexibility index (Phi) is 4.32. The summed E-state index contributed by atoms with van der Waals surface area (Å²) >= 11 is 0. The average molecular weight is 281 g/mol. The number of carboxylic acids is 1. The van der Waals surface area contributed by atoms with Crippen molar-refractivity contribution in [3.05, 3.63) is 0 Å². The quantitative estimate of drug-likeness (QED) is 0.845. The number of ether oxygens (including phenoxy) is 1. The van der Waals surface area contributed by atoms with E-state index in [1.807, 2.05) is 0 Å². The highest BCUT2D eigenvalue weighted by atomic mass is 16.5. The van der Waals surface area contributed by atoms with Gasteiger partial charge in [-0.25, -0.2) is 0 Å². The lowest BCUT2D eigenvalue weighted by atomic mass is 9.75. The highest BCUT2D eigenvalue weighted by Gasteiger charge is 2.45. The van der Waals surface area contributed by atoms with Gasteiger partial charge >= 0.3 is 5.97 Å². The van der Waals surface area contributed by atoms with Gasteiger partial charge in [-0.3, -0.25) is 9.69 Å². The van der Waals surface area contributed by atoms with Crippen LogP contribution in [-0.2, 0) is 9.53 Å². The summed E-state index contributed by atoms with van der Waals surface area (Å²) in [6, 6.07) is 0.657. The van der Waals surface area contributed by atoms with Gasteiger partial charge in [0, 0.05) is 18.7 Å². The molecule has 0 radical (unpaired) electrons. The van der Waals surface area contributed by atoms with Gasteiger partial charge in [-0.05, 0) is 51.4 Å². The fourth-order valence-corrected chi connectivity index (χ4v) is 4.69. The molecule has 0 spiro atoms. The van der Waals surface area contributed by atoms with Crippen LogP contribution >= 0.6 is 0 Å². The topological polar surface area (TPSA) is 49.8 Å². The Morgan fingerprint density at radius 2 is 1.95 bits per heavy atom. The van der Waals surface area contributed by atoms with E-state index in [4.69, 9.17) is 4.74 Å². The molecule has 4 nitrogen and oxygen atoms in total. The van der Waals surface area contributed by atoms with E-state index in [9.17, 15) is 9.90 Å². The van der Waals surface area contributed by atoms with Crippen molar-refractivity contribution in [2.75, 3.05) is 6.61 Å². The van der Waals surface area contributed by atoms with Crippen molar-refractivity contribution in [1.29, 1.82) is 0 Å². The third-order valence-electron chi connectivity index (χ3n) is 5.59. The molecular weight excluding hydrogens is 254 g/mol. The maximum Gasteiger partial charge on any atom is 0.320 e. The zero-order chi connectivity index (χ0) is 14.1. The number of nitrogens with zero attached hydrogens (tertiary/aromatic N) is 1. The van der Waals surface area contributed by atoms with Crippen LogP contribution < -0.4 is 0 Å². The van der Waals surface area contributed by atoms with Crippen LogP contribution in [0.25, 0.3) is 0 Å². The van der Waals surface area contributed by atoms with Crippen molar-refractivity contribution in [2.24, 2.45) is 5.92 Å². The van der Waals surface area contributed by atoms with Crippen molar-refractivity contribution in [3.63, 3.8) is 0 Å². The number of piperidine rings is 1. The van der Waals surface area contributed by atoms with Crippen LogP contribution in [0.15, 0.2) is 0 Å². The zero-order valence-corrected chi connectivity index (χ0v) is 12.5. The first-order chi connectivity index (χ1) is 9.66. The second-order valence-electron chi connectivity index (χ2n) is 6.85. The predicted octanol–water partition coefficient (Wildman–Crippen LogP) is 2.66. The number of rotatable bonds is 2. The number of hydrogen-bond donors (Lipinski definition) is 1. The van der Waals surface area contributed by atoms with Crippen LogP contribution in [0.5, 0.6) is 0 Å². The van der Waals surface area contributed by atoms with Crippen LogP contribution in [0.1, 0.15) is 58.3 Å². The molecule has 4 heteroatoms. The summed E-state index contributed by atoms with van der Waals surface area (Å²) in [5, 5.41) is 9.62. The minimum Gasteiger partial charge on any atom is -0.480 e. The van der Waals surface area contributed by atoms with Gasteiger partial charge in [0.25, 0.3) is 0 Å². The molecule has 3 fully saturated rings. The molecule has 1 saturated carbocycles. The molecule has 2 aliphatic heterocycles. The number of carboxylic acid groups (broad SMARTS) is 1. The van der Waals surface area contributed by atoms with Gasteiger partial charge in [0.2, 0.25) is 0 Å². The van der Waals surface area contributed by atoms with E-state index < -0.39 is 5.97 Å². The van der Waals surface area contributed by atoms with Crippen molar-refractivity contribution in [3.8, 4) is 0 Å². The number of fused-ring (bicyclic) bond motifs is 1. The number of hydrogen-bond acceptors (Lipinski definition) is 3. The van der Waals surface area contributed by atoms with Gasteiger partial charge in [-0.2, -0.15) is 0 Å². The van der Waals surface area contributed by atoms with Crippen LogP contribution in [0, 0.1) is 5.92 Å². The Morgan fingerprint density at radius 1 is 1.15 bits per heavy atom. The predicted molar refractivity (Wildman–Crippen MR) is 76.7 cm³/mol. The monoisotopic (exact) mass is 281 g/mol. The SMILES string of the molecule is CC1CC(N2C(C(=O)O)CCC3CCCCC32)CCO1. The molecule has 0 amide bonds. The van der Waals surface area contributed by atoms with Crippen molar-refractivity contribution in [2.45, 2.75) is 82.5 Å². The van der Waals surface area contributed by atoms with Crippen molar-refractivity contribution < 1.29 is 14.6 Å². The van der Waals surface area contributed by atoms with Crippen molar-refractivity contribution >= 4 is 5.97 Å². The van der Waals surface area contributed by atoms with E-state index in [0.717, 1.165) is 38.2 Å². The Bertz CT molecular complexity index is 360. The van der Waals surface area contributed by atoms with Crippen molar-refractivity contribution in [1.82, 2.24) is 4.90 Å². The van der Waals surface area contributed by atoms with Gasteiger partial charge in [-0.1, -0.05) is 12.8 Å². The summed E-state index contributed by atoms with van der Waals surface area (Å²) in [5.41, 5.74) is 0. The molecule has 0 aromatic heterocycles. The first-order valence-corrected chi connectivity index (χ1v) is 8.28. The van der Waals surface area contributed by atoms with Crippen LogP contribution in [0.4, 0.5) is 0 Å². The highest BCUT2D eigenvalue weighted by Crippen LogP contribution is 2.40. The second-order valence-corrected chi connectivity index (χ2v) is 6.85. The van der Waals surface area contributed by atoms with E-state index in [1.165, 1.54) is 25.7 Å². The first-order valence-electron chi connectivity index (χ1n) is 8.28. The molecule has 0 bridgehead atoms. The van der Waals surface area contributed by atoms with Crippen LogP contribution in [-0.4, -0.2) is 46.8 Å². The molecule has 114 valence electrons. The molecule has 3 aliphatic rings. The van der Waals surface area contributed by atoms with Gasteiger partial charge in [0.05, 0.1) is 6.10 Å². The standard InChI is InChI=1S/C16H27NO3/c1-11-10-13(8-9-20-11)17-14-5-3-2-4-12(14)6-7-15(17)16(18)19/h11-15H,2-10H2,1H3,(H,18,19). The molecule has 0 aromatic rings. The highest BCUT2D eigenvalue weighted by molar-refractivity contribution is 5.73. The summed E-state index contributed by atoms with van der Waals surface area (Å²) < 4.78 is 5.66. The molecule has 2 saturated heterocycles. The Balaban J connectivity index is 1.81. The summed E-state index contributed by atoms with van der Waals surface area (Å²) in [5.74, 6) is 0.116. The summed E-state index contributed by atoms with van der Waals surface area (Å²) in [6.07, 6.45) is 9.29. The smallest absolute Gasteiger partial charge is 0.320 e. The van der Waals surface area contributed by atoms with E-state index in [0.29, 0.717) is 12.1 Å². The molecule has 2 heterocycles. The third kappa shape index (κ3) is 2.73. The molecule has 5 atom stereocenters. The van der Waals surface area contributed by atoms with Crippen LogP contribution in [0.3, 0.4) is 0 Å². The van der Waals surface area contributed by atoms with Crippen LogP contribution in [0.2, 0.25) is 0 Å². The molecule has 1 aliphatic carbocycles. The minimum absolute atomic E-state index is 0.260. The molecule has 1 N–H and O–H groups in total. The Morgan fingerprint density at radius 3 is 2.70 bits per heavy atom. The number of carbonyl (C=O) groups is 1. The van der Waals surface area contributed by atoms with E-state index in [2.05, 4.69) is 11.8 Å². The lowest BCUT2D eigenvalue weighted by molar-refractivity contribution is -0.153. The molecule has 3 rings (SSSR count). The summed E-state index contributed by atoms with van der Waals surface area (Å²) in [6.45, 7) is 2.90. The zero-order valence-electron chi connectivity index (χ0n) is 12.5. The fraction of sp³-hybridized carbons (Fsp3) is 0.938. The Hall–Kier alpha value is -0.610. The van der Waals surface area contributed by atoms with E-state index in [1.54, 1.807) is 0 Å². The Labute approximate surface area is 121 Å². The maximum absolute atomic E-state index is 11.7. The molecule has 20 heavy (non-hydrogen) atoms. The lowest BCUT2D eigenvalue weighted by Gasteiger charge is -2.51. The summed E-state index contributed by atoms with van der Waals surface area (Å²) in [7, 11) is 0. The normalized spacial score (nSPS) is 43.0. The molecule has 5 unspecified atom stereocenters. The second kappa shape index (κ2) is 6.02. The maximum atomic E-state index is 11.7. The minimum atomic E-state index is -0.617. The number of likely N-dealkylation sites (tertiary alicyclic amines) is 1. The molecule has 0 aromatic carbocycles. The lowest BCUT2D eigenvalue weighted by Crippen LogP contribution is -2.60. The van der Waals surface area contributed by atoms with Gasteiger partial charge in [-0.15, -0.1) is 0 Å². The fourth-order valence-electron chi connectivity index (χ4n) is 4.69. The van der Waals surface area contributed by atoms with Gasteiger partial charge < -0.3 is 9.84 Å². The van der Waals surface area contributed by atoms with Gasteiger partial charge in [0.15, 0.2) is 0 Å². The van der Waals surface area contributed by atoms with E-state index in [-0.39, 0.29) is 12.1 Å². The third-order valence-corrected chi connectivity index (χ3v) is 5.59. The number of aliphatic carboxylic acids is 1. The summed E-state index contributed by atoms with van der Waals surface area (Å²) in [4.78, 5) is 14.1. The van der Waals surface area contributed by atoms with E-state index >= 15 is 0 Å². The first kappa shape index (κ1) is 14.3. The molecular formula is C16H27NO3. The average Bonchev–Trinajstić information content (AvgIpc) is 2.46. The largest absolute Gasteiger partial charge is 0.480 e.